The Labute approximate surface area is 238 Å². The van der Waals surface area contributed by atoms with Crippen molar-refractivity contribution in [1.82, 2.24) is 0 Å². The predicted molar refractivity (Wildman–Crippen MR) is 150 cm³/mol. The zero-order valence-electron chi connectivity index (χ0n) is 22.0. The van der Waals surface area contributed by atoms with Crippen LogP contribution in [0.2, 0.25) is 0 Å². The van der Waals surface area contributed by atoms with Crippen LogP contribution in [-0.2, 0) is 14.8 Å². The van der Waals surface area contributed by atoms with E-state index in [0.29, 0.717) is 34.8 Å². The van der Waals surface area contributed by atoms with Gasteiger partial charge in [0, 0.05) is 22.2 Å². The predicted octanol–water partition coefficient (Wildman–Crippen LogP) is 5.94. The molecule has 214 valence electrons. The number of nitrogens with one attached hydrogen (secondary N) is 2. The molecule has 2 N–H and O–H groups in total. The Morgan fingerprint density at radius 2 is 1.61 bits per heavy atom. The van der Waals surface area contributed by atoms with Crippen molar-refractivity contribution in [3.8, 4) is 22.6 Å². The van der Waals surface area contributed by atoms with Crippen molar-refractivity contribution in [2.75, 3.05) is 30.9 Å². The first-order chi connectivity index (χ1) is 19.6. The fourth-order valence-corrected chi connectivity index (χ4v) is 5.82. The molecule has 41 heavy (non-hydrogen) atoms. The molecule has 0 unspecified atom stereocenters. The third-order valence-electron chi connectivity index (χ3n) is 5.79. The van der Waals surface area contributed by atoms with Crippen molar-refractivity contribution in [1.29, 1.82) is 0 Å². The largest absolute Gasteiger partial charge is 0.493 e. The van der Waals surface area contributed by atoms with Gasteiger partial charge in [-0.25, -0.2) is 22.0 Å². The van der Waals surface area contributed by atoms with Gasteiger partial charge in [-0.3, -0.25) is 9.52 Å². The highest BCUT2D eigenvalue weighted by molar-refractivity contribution is 7.92. The molecule has 1 heterocycles. The molecule has 1 amide bonds. The SMILES string of the molecule is CCOC(=O)c1c(-c2ccc(OC)c(OC)c2)csc1NC(=O)c1ccc(NS(=O)(=O)c2ccc(F)c(F)c2)cc1. The van der Waals surface area contributed by atoms with E-state index in [-0.39, 0.29) is 28.4 Å². The zero-order chi connectivity index (χ0) is 29.7. The molecule has 0 aliphatic rings. The molecular formula is C28H24F2N2O7S2. The van der Waals surface area contributed by atoms with E-state index in [4.69, 9.17) is 14.2 Å². The van der Waals surface area contributed by atoms with Crippen LogP contribution in [0.25, 0.3) is 11.1 Å². The Hall–Kier alpha value is -4.49. The molecule has 1 aromatic heterocycles. The van der Waals surface area contributed by atoms with Crippen molar-refractivity contribution >= 4 is 43.9 Å². The number of halogens is 2. The summed E-state index contributed by atoms with van der Waals surface area (Å²) in [6, 6.07) is 12.8. The van der Waals surface area contributed by atoms with Gasteiger partial charge >= 0.3 is 5.97 Å². The normalized spacial score (nSPS) is 11.0. The van der Waals surface area contributed by atoms with Crippen LogP contribution in [0.5, 0.6) is 11.5 Å². The Morgan fingerprint density at radius 1 is 0.902 bits per heavy atom. The van der Waals surface area contributed by atoms with Crippen molar-refractivity contribution in [2.24, 2.45) is 0 Å². The molecule has 0 fully saturated rings. The summed E-state index contributed by atoms with van der Waals surface area (Å²) in [6.07, 6.45) is 0. The first-order valence-electron chi connectivity index (χ1n) is 12.0. The minimum Gasteiger partial charge on any atom is -0.493 e. The summed E-state index contributed by atoms with van der Waals surface area (Å²) in [5.74, 6) is -2.70. The van der Waals surface area contributed by atoms with Gasteiger partial charge in [-0.15, -0.1) is 11.3 Å². The second-order valence-electron chi connectivity index (χ2n) is 8.36. The van der Waals surface area contributed by atoms with Crippen LogP contribution in [-0.4, -0.2) is 41.1 Å². The van der Waals surface area contributed by atoms with Crippen LogP contribution in [0.15, 0.2) is 70.9 Å². The summed E-state index contributed by atoms with van der Waals surface area (Å²) in [5.41, 5.74) is 1.57. The van der Waals surface area contributed by atoms with Crippen LogP contribution in [0.4, 0.5) is 19.5 Å². The Balaban J connectivity index is 1.57. The number of esters is 1. The van der Waals surface area contributed by atoms with Crippen LogP contribution in [0, 0.1) is 11.6 Å². The third-order valence-corrected chi connectivity index (χ3v) is 8.07. The van der Waals surface area contributed by atoms with Gasteiger partial charge in [0.05, 0.1) is 25.7 Å². The molecular weight excluding hydrogens is 578 g/mol. The number of ether oxygens (including phenoxy) is 3. The van der Waals surface area contributed by atoms with Crippen LogP contribution in [0.3, 0.4) is 0 Å². The van der Waals surface area contributed by atoms with E-state index < -0.39 is 38.4 Å². The average molecular weight is 603 g/mol. The number of carbonyl (C=O) groups excluding carboxylic acids is 2. The lowest BCUT2D eigenvalue weighted by Gasteiger charge is -2.12. The number of benzene rings is 3. The second-order valence-corrected chi connectivity index (χ2v) is 10.9. The maximum absolute atomic E-state index is 13.5. The number of amides is 1. The average Bonchev–Trinajstić information content (AvgIpc) is 3.37. The number of carbonyl (C=O) groups is 2. The standard InChI is InChI=1S/C28H24F2N2O7S2/c1-4-39-28(34)25-20(17-7-12-23(37-2)24(13-17)38-3)15-40-27(25)31-26(33)16-5-8-18(9-6-16)32-41(35,36)19-10-11-21(29)22(30)14-19/h5-15,32H,4H2,1-3H3,(H,31,33). The molecule has 0 atom stereocenters. The van der Waals surface area contributed by atoms with E-state index >= 15 is 0 Å². The Kier molecular flexibility index (Phi) is 8.89. The molecule has 0 aliphatic carbocycles. The van der Waals surface area contributed by atoms with Gasteiger partial charge in [-0.05, 0) is 67.1 Å². The summed E-state index contributed by atoms with van der Waals surface area (Å²) in [5, 5.41) is 4.68. The molecule has 0 spiro atoms. The van der Waals surface area contributed by atoms with E-state index in [1.54, 1.807) is 30.5 Å². The van der Waals surface area contributed by atoms with Gasteiger partial charge in [-0.2, -0.15) is 0 Å². The quantitative estimate of drug-likeness (QED) is 0.216. The number of rotatable bonds is 10. The number of anilines is 2. The fourth-order valence-electron chi connectivity index (χ4n) is 3.80. The number of hydrogen-bond acceptors (Lipinski definition) is 8. The minimum absolute atomic E-state index is 0.0883. The molecule has 0 radical (unpaired) electrons. The van der Waals surface area contributed by atoms with E-state index in [1.807, 2.05) is 0 Å². The Bertz CT molecular complexity index is 1710. The first kappa shape index (κ1) is 29.5. The van der Waals surface area contributed by atoms with Crippen molar-refractivity contribution in [3.05, 3.63) is 88.8 Å². The molecule has 0 aliphatic heterocycles. The molecule has 0 saturated heterocycles. The third kappa shape index (κ3) is 6.47. The summed E-state index contributed by atoms with van der Waals surface area (Å²) in [7, 11) is -1.21. The van der Waals surface area contributed by atoms with Crippen molar-refractivity contribution in [3.63, 3.8) is 0 Å². The van der Waals surface area contributed by atoms with Crippen LogP contribution in [0.1, 0.15) is 27.6 Å². The molecule has 0 bridgehead atoms. The smallest absolute Gasteiger partial charge is 0.341 e. The van der Waals surface area contributed by atoms with Gasteiger partial charge < -0.3 is 19.5 Å². The van der Waals surface area contributed by atoms with Gasteiger partial charge in [0.25, 0.3) is 15.9 Å². The molecule has 4 rings (SSSR count). The van der Waals surface area contributed by atoms with Crippen molar-refractivity contribution in [2.45, 2.75) is 11.8 Å². The summed E-state index contributed by atoms with van der Waals surface area (Å²) in [6.45, 7) is 1.79. The highest BCUT2D eigenvalue weighted by Gasteiger charge is 2.24. The van der Waals surface area contributed by atoms with E-state index in [1.165, 1.54) is 38.5 Å². The summed E-state index contributed by atoms with van der Waals surface area (Å²) >= 11 is 1.13. The number of thiophene rings is 1. The number of hydrogen-bond donors (Lipinski definition) is 2. The van der Waals surface area contributed by atoms with Crippen molar-refractivity contribution < 1.29 is 41.0 Å². The van der Waals surface area contributed by atoms with Crippen LogP contribution >= 0.6 is 11.3 Å². The fraction of sp³-hybridized carbons (Fsp3) is 0.143. The maximum Gasteiger partial charge on any atom is 0.341 e. The van der Waals surface area contributed by atoms with E-state index in [9.17, 15) is 26.8 Å². The molecule has 13 heteroatoms. The van der Waals surface area contributed by atoms with Gasteiger partial charge in [0.1, 0.15) is 10.6 Å². The number of methoxy groups -OCH3 is 2. The highest BCUT2D eigenvalue weighted by Crippen LogP contribution is 2.40. The van der Waals surface area contributed by atoms with E-state index in [0.717, 1.165) is 17.4 Å². The zero-order valence-corrected chi connectivity index (χ0v) is 23.6. The van der Waals surface area contributed by atoms with Crippen LogP contribution < -0.4 is 19.5 Å². The van der Waals surface area contributed by atoms with Gasteiger partial charge in [0.2, 0.25) is 0 Å². The number of sulfonamides is 1. The summed E-state index contributed by atoms with van der Waals surface area (Å²) in [4.78, 5) is 25.5. The topological polar surface area (TPSA) is 120 Å². The monoisotopic (exact) mass is 602 g/mol. The molecule has 4 aromatic rings. The lowest BCUT2D eigenvalue weighted by Crippen LogP contribution is -2.16. The molecule has 3 aromatic carbocycles. The Morgan fingerprint density at radius 3 is 2.24 bits per heavy atom. The molecule has 0 saturated carbocycles. The lowest BCUT2D eigenvalue weighted by molar-refractivity contribution is 0.0529. The highest BCUT2D eigenvalue weighted by atomic mass is 32.2. The second kappa shape index (κ2) is 12.4. The minimum atomic E-state index is -4.21. The lowest BCUT2D eigenvalue weighted by atomic mass is 10.0. The molecule has 9 nitrogen and oxygen atoms in total. The maximum atomic E-state index is 13.5. The first-order valence-corrected chi connectivity index (χ1v) is 14.3. The van der Waals surface area contributed by atoms with E-state index in [2.05, 4.69) is 10.0 Å². The van der Waals surface area contributed by atoms with Gasteiger partial charge in [-0.1, -0.05) is 6.07 Å². The summed E-state index contributed by atoms with van der Waals surface area (Å²) < 4.78 is 69.9. The van der Waals surface area contributed by atoms with Gasteiger partial charge in [0.15, 0.2) is 23.1 Å².